The fourth-order valence-corrected chi connectivity index (χ4v) is 1.86. The van der Waals surface area contributed by atoms with E-state index in [1.54, 1.807) is 6.07 Å². The van der Waals surface area contributed by atoms with E-state index in [4.69, 9.17) is 5.84 Å². The first-order valence-electron chi connectivity index (χ1n) is 5.94. The number of nitro groups is 1. The molecule has 1 aromatic heterocycles. The lowest BCUT2D eigenvalue weighted by Gasteiger charge is -2.08. The van der Waals surface area contributed by atoms with Gasteiger partial charge >= 0.3 is 11.1 Å². The topological polar surface area (TPSA) is 125 Å². The Bertz CT molecular complexity index is 808. The summed E-state index contributed by atoms with van der Waals surface area (Å²) in [5.41, 5.74) is 1.36. The fourth-order valence-electron chi connectivity index (χ4n) is 1.86. The second-order valence-corrected chi connectivity index (χ2v) is 4.40. The molecule has 0 fully saturated rings. The molecule has 0 aliphatic heterocycles. The average Bonchev–Trinajstić information content (AvgIpc) is 2.47. The molecule has 0 aliphatic rings. The molecule has 9 heteroatoms. The number of nitro benzene ring substituents is 1. The highest BCUT2D eigenvalue weighted by molar-refractivity contribution is 5.61. The first-order valence-corrected chi connectivity index (χ1v) is 5.94. The maximum Gasteiger partial charge on any atom is 0.316 e. The van der Waals surface area contributed by atoms with Gasteiger partial charge in [0.25, 0.3) is 5.69 Å². The van der Waals surface area contributed by atoms with Crippen molar-refractivity contribution >= 4 is 11.4 Å². The molecule has 0 amide bonds. The van der Waals surface area contributed by atoms with Gasteiger partial charge in [0, 0.05) is 25.5 Å². The zero-order valence-electron chi connectivity index (χ0n) is 11.1. The number of rotatable bonds is 4. The highest BCUT2D eigenvalue weighted by atomic mass is 16.6. The molecule has 0 saturated carbocycles. The van der Waals surface area contributed by atoms with Crippen LogP contribution in [0.25, 0.3) is 0 Å². The molecule has 0 atom stereocenters. The summed E-state index contributed by atoms with van der Waals surface area (Å²) in [6.45, 7) is 0.0562. The smallest absolute Gasteiger partial charge is 0.316 e. The van der Waals surface area contributed by atoms with Crippen molar-refractivity contribution in [1.29, 1.82) is 0 Å². The molecule has 0 radical (unpaired) electrons. The second-order valence-electron chi connectivity index (χ2n) is 4.40. The zero-order chi connectivity index (χ0) is 15.6. The van der Waals surface area contributed by atoms with Gasteiger partial charge in [-0.2, -0.15) is 0 Å². The largest absolute Gasteiger partial charge is 0.318 e. The number of nitrogens with one attached hydrogen (secondary N) is 1. The normalized spacial score (nSPS) is 10.4. The van der Waals surface area contributed by atoms with Crippen LogP contribution in [0.1, 0.15) is 5.56 Å². The van der Waals surface area contributed by atoms with Crippen LogP contribution in [0.2, 0.25) is 0 Å². The Labute approximate surface area is 118 Å². The molecule has 2 aromatic rings. The van der Waals surface area contributed by atoms with Crippen molar-refractivity contribution in [3.8, 4) is 0 Å². The molecule has 21 heavy (non-hydrogen) atoms. The second kappa shape index (κ2) is 5.59. The first-order chi connectivity index (χ1) is 9.93. The predicted molar refractivity (Wildman–Crippen MR) is 76.0 cm³/mol. The maximum atomic E-state index is 11.8. The number of nitrogens with two attached hydrogens (primary N) is 1. The van der Waals surface area contributed by atoms with Crippen LogP contribution >= 0.6 is 0 Å². The van der Waals surface area contributed by atoms with E-state index in [1.807, 2.05) is 0 Å². The zero-order valence-corrected chi connectivity index (χ0v) is 11.1. The Kier molecular flexibility index (Phi) is 3.85. The Morgan fingerprint density at radius 3 is 2.62 bits per heavy atom. The van der Waals surface area contributed by atoms with E-state index in [2.05, 4.69) is 5.43 Å². The summed E-state index contributed by atoms with van der Waals surface area (Å²) in [5.74, 6) is 5.20. The number of anilines is 1. The van der Waals surface area contributed by atoms with Gasteiger partial charge in [-0.3, -0.25) is 25.5 Å². The van der Waals surface area contributed by atoms with Gasteiger partial charge in [-0.05, 0) is 11.6 Å². The van der Waals surface area contributed by atoms with E-state index in [9.17, 15) is 19.7 Å². The van der Waals surface area contributed by atoms with Gasteiger partial charge in [-0.1, -0.05) is 6.07 Å². The third-order valence-electron chi connectivity index (χ3n) is 3.00. The monoisotopic (exact) mass is 291 g/mol. The molecule has 0 unspecified atom stereocenters. The van der Waals surface area contributed by atoms with Crippen molar-refractivity contribution in [1.82, 2.24) is 9.13 Å². The molecule has 110 valence electrons. The number of benzene rings is 1. The van der Waals surface area contributed by atoms with Crippen LogP contribution in [-0.2, 0) is 13.6 Å². The Hall–Kier alpha value is -2.94. The Morgan fingerprint density at radius 2 is 2.00 bits per heavy atom. The van der Waals surface area contributed by atoms with Crippen molar-refractivity contribution in [2.45, 2.75) is 6.54 Å². The number of hydrazine groups is 1. The lowest BCUT2D eigenvalue weighted by atomic mass is 10.1. The van der Waals surface area contributed by atoms with Gasteiger partial charge in [0.2, 0.25) is 0 Å². The van der Waals surface area contributed by atoms with E-state index < -0.39 is 16.0 Å². The molecular weight excluding hydrogens is 278 g/mol. The molecular formula is C12H13N5O4. The summed E-state index contributed by atoms with van der Waals surface area (Å²) in [7, 11) is 1.47. The van der Waals surface area contributed by atoms with Gasteiger partial charge in [-0.25, -0.2) is 0 Å². The van der Waals surface area contributed by atoms with Gasteiger partial charge in [0.1, 0.15) is 5.69 Å². The summed E-state index contributed by atoms with van der Waals surface area (Å²) in [6, 6.07) is 4.34. The van der Waals surface area contributed by atoms with Crippen molar-refractivity contribution in [3.63, 3.8) is 0 Å². The minimum absolute atomic E-state index is 0.0562. The Morgan fingerprint density at radius 1 is 1.29 bits per heavy atom. The van der Waals surface area contributed by atoms with E-state index in [0.717, 1.165) is 0 Å². The number of aromatic nitrogens is 2. The Balaban J connectivity index is 2.43. The van der Waals surface area contributed by atoms with Crippen LogP contribution in [0.3, 0.4) is 0 Å². The lowest BCUT2D eigenvalue weighted by Crippen LogP contribution is -2.39. The van der Waals surface area contributed by atoms with Gasteiger partial charge in [0.15, 0.2) is 0 Å². The molecule has 3 N–H and O–H groups in total. The van der Waals surface area contributed by atoms with E-state index in [1.165, 1.54) is 40.7 Å². The van der Waals surface area contributed by atoms with E-state index in [-0.39, 0.29) is 17.9 Å². The SMILES string of the molecule is Cn1ccn(Cc2ccc(NN)c([N+](=O)[O-])c2)c(=O)c1=O. The van der Waals surface area contributed by atoms with E-state index >= 15 is 0 Å². The summed E-state index contributed by atoms with van der Waals surface area (Å²) in [6.07, 6.45) is 2.90. The van der Waals surface area contributed by atoms with Gasteiger partial charge in [0.05, 0.1) is 11.5 Å². The standard InChI is InChI=1S/C12H13N5O4/c1-15-4-5-16(12(19)11(15)18)7-8-2-3-9(14-13)10(6-8)17(20)21/h2-6,14H,7,13H2,1H3. The van der Waals surface area contributed by atoms with E-state index in [0.29, 0.717) is 5.56 Å². The molecule has 1 aromatic carbocycles. The van der Waals surface area contributed by atoms with Crippen molar-refractivity contribution in [2.24, 2.45) is 12.9 Å². The molecule has 9 nitrogen and oxygen atoms in total. The highest BCUT2D eigenvalue weighted by Gasteiger charge is 2.14. The summed E-state index contributed by atoms with van der Waals surface area (Å²) < 4.78 is 2.36. The quantitative estimate of drug-likeness (QED) is 0.347. The minimum atomic E-state index is -0.691. The third-order valence-corrected chi connectivity index (χ3v) is 3.00. The molecule has 2 rings (SSSR count). The number of hydrogen-bond acceptors (Lipinski definition) is 6. The molecule has 0 aliphatic carbocycles. The van der Waals surface area contributed by atoms with Crippen LogP contribution < -0.4 is 22.4 Å². The van der Waals surface area contributed by atoms with Crippen molar-refractivity contribution < 1.29 is 4.92 Å². The van der Waals surface area contributed by atoms with Crippen molar-refractivity contribution in [3.05, 3.63) is 67.0 Å². The predicted octanol–water partition coefficient (Wildman–Crippen LogP) is -0.211. The minimum Gasteiger partial charge on any atom is -0.318 e. The van der Waals surface area contributed by atoms with Crippen LogP contribution in [0, 0.1) is 10.1 Å². The van der Waals surface area contributed by atoms with Crippen molar-refractivity contribution in [2.75, 3.05) is 5.43 Å². The van der Waals surface area contributed by atoms with Crippen LogP contribution in [0.4, 0.5) is 11.4 Å². The van der Waals surface area contributed by atoms with Gasteiger partial charge < -0.3 is 14.6 Å². The third kappa shape index (κ3) is 2.82. The summed E-state index contributed by atoms with van der Waals surface area (Å²) in [5, 5.41) is 10.9. The summed E-state index contributed by atoms with van der Waals surface area (Å²) in [4.78, 5) is 33.7. The number of nitrogens with zero attached hydrogens (tertiary/aromatic N) is 3. The lowest BCUT2D eigenvalue weighted by molar-refractivity contribution is -0.384. The van der Waals surface area contributed by atoms with Crippen LogP contribution in [0.5, 0.6) is 0 Å². The fraction of sp³-hybridized carbons (Fsp3) is 0.167. The van der Waals surface area contributed by atoms with Crippen LogP contribution in [-0.4, -0.2) is 14.1 Å². The van der Waals surface area contributed by atoms with Crippen LogP contribution in [0.15, 0.2) is 40.2 Å². The number of nitrogen functional groups attached to an aromatic ring is 1. The molecule has 0 saturated heterocycles. The molecule has 1 heterocycles. The highest BCUT2D eigenvalue weighted by Crippen LogP contribution is 2.24. The number of aryl methyl sites for hydroxylation is 1. The molecule has 0 spiro atoms. The maximum absolute atomic E-state index is 11.8. The first kappa shape index (κ1) is 14.5. The van der Waals surface area contributed by atoms with Gasteiger partial charge in [-0.15, -0.1) is 0 Å². The molecule has 0 bridgehead atoms. The number of hydrogen-bond donors (Lipinski definition) is 2. The summed E-state index contributed by atoms with van der Waals surface area (Å²) >= 11 is 0. The average molecular weight is 291 g/mol.